The molecule has 16 heavy (non-hydrogen) atoms. The van der Waals surface area contributed by atoms with E-state index < -0.39 is 10.8 Å². The molecule has 0 heterocycles. The van der Waals surface area contributed by atoms with Crippen LogP contribution >= 0.6 is 11.6 Å². The molecule has 0 saturated heterocycles. The lowest BCUT2D eigenvalue weighted by Gasteiger charge is -2.11. The highest BCUT2D eigenvalue weighted by molar-refractivity contribution is 7.85. The predicted molar refractivity (Wildman–Crippen MR) is 68.2 cm³/mol. The van der Waals surface area contributed by atoms with Gasteiger partial charge in [0.15, 0.2) is 0 Å². The van der Waals surface area contributed by atoms with Gasteiger partial charge in [-0.1, -0.05) is 18.5 Å². The molecule has 0 aliphatic heterocycles. The van der Waals surface area contributed by atoms with Crippen LogP contribution in [-0.2, 0) is 15.5 Å². The maximum Gasteiger partial charge on any atom is 0.0647 e. The van der Waals surface area contributed by atoms with E-state index >= 15 is 0 Å². The monoisotopic (exact) mass is 261 g/mol. The minimum Gasteiger partial charge on any atom is -0.398 e. The number of ether oxygens (including phenoxy) is 1. The van der Waals surface area contributed by atoms with E-state index in [0.717, 1.165) is 6.42 Å². The minimum absolute atomic E-state index is 0.0413. The summed E-state index contributed by atoms with van der Waals surface area (Å²) in [5, 5.41) is 0.490. The smallest absolute Gasteiger partial charge is 0.0647 e. The molecular weight excluding hydrogens is 246 g/mol. The number of hydrogen-bond acceptors (Lipinski definition) is 3. The minimum atomic E-state index is -1.07. The molecule has 0 saturated carbocycles. The molecule has 0 aromatic heterocycles. The molecule has 0 aliphatic rings. The fourth-order valence-corrected chi connectivity index (χ4v) is 2.71. The summed E-state index contributed by atoms with van der Waals surface area (Å²) in [5.74, 6) is 0. The summed E-state index contributed by atoms with van der Waals surface area (Å²) in [6, 6.07) is 5.09. The first-order chi connectivity index (χ1) is 7.56. The summed E-state index contributed by atoms with van der Waals surface area (Å²) in [6.45, 7) is 2.54. The highest BCUT2D eigenvalue weighted by Gasteiger charge is 2.14. The van der Waals surface area contributed by atoms with Crippen LogP contribution in [0.4, 0.5) is 5.69 Å². The Morgan fingerprint density at radius 1 is 1.56 bits per heavy atom. The number of benzene rings is 1. The molecule has 1 aromatic rings. The van der Waals surface area contributed by atoms with Gasteiger partial charge in [0.2, 0.25) is 0 Å². The van der Waals surface area contributed by atoms with Crippen LogP contribution < -0.4 is 5.73 Å². The van der Waals surface area contributed by atoms with Crippen molar-refractivity contribution in [1.82, 2.24) is 0 Å². The average molecular weight is 262 g/mol. The Hall–Kier alpha value is -0.580. The molecule has 0 radical (unpaired) electrons. The van der Waals surface area contributed by atoms with Crippen molar-refractivity contribution in [2.45, 2.75) is 23.5 Å². The molecule has 0 amide bonds. The van der Waals surface area contributed by atoms with Crippen molar-refractivity contribution in [2.24, 2.45) is 0 Å². The molecule has 90 valence electrons. The van der Waals surface area contributed by atoms with Crippen molar-refractivity contribution in [2.75, 3.05) is 19.5 Å². The molecule has 1 rings (SSSR count). The van der Waals surface area contributed by atoms with E-state index in [9.17, 15) is 4.21 Å². The number of nitrogens with two attached hydrogens (primary N) is 1. The maximum absolute atomic E-state index is 12.1. The number of halogens is 1. The van der Waals surface area contributed by atoms with Gasteiger partial charge in [0.05, 0.1) is 21.5 Å². The topological polar surface area (TPSA) is 52.3 Å². The van der Waals surface area contributed by atoms with Gasteiger partial charge in [-0.2, -0.15) is 0 Å². The Morgan fingerprint density at radius 2 is 2.25 bits per heavy atom. The number of rotatable bonds is 5. The van der Waals surface area contributed by atoms with Gasteiger partial charge in [-0.15, -0.1) is 0 Å². The summed E-state index contributed by atoms with van der Waals surface area (Å²) < 4.78 is 17.0. The second-order valence-electron chi connectivity index (χ2n) is 3.57. The van der Waals surface area contributed by atoms with E-state index in [4.69, 9.17) is 22.1 Å². The van der Waals surface area contributed by atoms with E-state index in [1.54, 1.807) is 25.3 Å². The maximum atomic E-state index is 12.1. The molecule has 2 atom stereocenters. The zero-order valence-corrected chi connectivity index (χ0v) is 11.0. The van der Waals surface area contributed by atoms with Crippen molar-refractivity contribution in [3.05, 3.63) is 23.2 Å². The van der Waals surface area contributed by atoms with Crippen molar-refractivity contribution >= 4 is 28.1 Å². The van der Waals surface area contributed by atoms with Gasteiger partial charge in [0.1, 0.15) is 0 Å². The number of hydrogen-bond donors (Lipinski definition) is 1. The Bertz CT molecular complexity index is 384. The molecule has 0 fully saturated rings. The standard InChI is InChI=1S/C11H16ClNO2S/c1-8(5-6-15-2)16(14)9-3-4-11(13)10(12)7-9/h3-4,7-8H,5-6,13H2,1-2H3. The fraction of sp³-hybridized carbons (Fsp3) is 0.455. The van der Waals surface area contributed by atoms with Crippen LogP contribution in [0.3, 0.4) is 0 Å². The van der Waals surface area contributed by atoms with Gasteiger partial charge in [-0.05, 0) is 24.6 Å². The third-order valence-electron chi connectivity index (χ3n) is 2.30. The van der Waals surface area contributed by atoms with Crippen LogP contribution in [-0.4, -0.2) is 23.2 Å². The fourth-order valence-electron chi connectivity index (χ4n) is 1.26. The van der Waals surface area contributed by atoms with Gasteiger partial charge in [0.25, 0.3) is 0 Å². The van der Waals surface area contributed by atoms with Crippen LogP contribution in [0, 0.1) is 0 Å². The number of methoxy groups -OCH3 is 1. The Kier molecular flexibility index (Phi) is 5.25. The van der Waals surface area contributed by atoms with Gasteiger partial charge in [-0.25, -0.2) is 0 Å². The Labute approximate surface area is 103 Å². The zero-order valence-electron chi connectivity index (χ0n) is 9.40. The number of anilines is 1. The number of nitrogen functional groups attached to an aromatic ring is 1. The molecular formula is C11H16ClNO2S. The van der Waals surface area contributed by atoms with Crippen molar-refractivity contribution < 1.29 is 8.95 Å². The Balaban J connectivity index is 2.76. The molecule has 0 bridgehead atoms. The summed E-state index contributed by atoms with van der Waals surface area (Å²) in [7, 11) is 0.566. The first-order valence-electron chi connectivity index (χ1n) is 5.00. The van der Waals surface area contributed by atoms with Gasteiger partial charge >= 0.3 is 0 Å². The van der Waals surface area contributed by atoms with Crippen molar-refractivity contribution in [1.29, 1.82) is 0 Å². The summed E-state index contributed by atoms with van der Waals surface area (Å²) in [6.07, 6.45) is 0.755. The highest BCUT2D eigenvalue weighted by Crippen LogP contribution is 2.23. The summed E-state index contributed by atoms with van der Waals surface area (Å²) in [4.78, 5) is 0.711. The van der Waals surface area contributed by atoms with Gasteiger partial charge in [-0.3, -0.25) is 4.21 Å². The highest BCUT2D eigenvalue weighted by atomic mass is 35.5. The second-order valence-corrected chi connectivity index (χ2v) is 5.85. The van der Waals surface area contributed by atoms with E-state index in [1.165, 1.54) is 0 Å². The second kappa shape index (κ2) is 6.23. The first-order valence-corrected chi connectivity index (χ1v) is 6.60. The molecule has 5 heteroatoms. The van der Waals surface area contributed by atoms with E-state index in [-0.39, 0.29) is 5.25 Å². The summed E-state index contributed by atoms with van der Waals surface area (Å²) >= 11 is 5.88. The van der Waals surface area contributed by atoms with E-state index in [0.29, 0.717) is 22.2 Å². The van der Waals surface area contributed by atoms with Crippen LogP contribution in [0.5, 0.6) is 0 Å². The normalized spacial score (nSPS) is 14.7. The largest absolute Gasteiger partial charge is 0.398 e. The predicted octanol–water partition coefficient (Wildman–Crippen LogP) is 2.45. The zero-order chi connectivity index (χ0) is 12.1. The molecule has 0 aliphatic carbocycles. The van der Waals surface area contributed by atoms with Gasteiger partial charge in [0, 0.05) is 23.9 Å². The van der Waals surface area contributed by atoms with Crippen LogP contribution in [0.25, 0.3) is 0 Å². The first kappa shape index (κ1) is 13.5. The Morgan fingerprint density at radius 3 is 2.81 bits per heavy atom. The van der Waals surface area contributed by atoms with Crippen LogP contribution in [0.2, 0.25) is 5.02 Å². The lowest BCUT2D eigenvalue weighted by Crippen LogP contribution is -2.13. The lowest BCUT2D eigenvalue weighted by molar-refractivity contribution is 0.195. The van der Waals surface area contributed by atoms with Gasteiger partial charge < -0.3 is 10.5 Å². The van der Waals surface area contributed by atoms with Crippen molar-refractivity contribution in [3.8, 4) is 0 Å². The molecule has 0 spiro atoms. The quantitative estimate of drug-likeness (QED) is 0.829. The van der Waals surface area contributed by atoms with E-state index in [2.05, 4.69) is 0 Å². The lowest BCUT2D eigenvalue weighted by atomic mass is 10.3. The molecule has 2 unspecified atom stereocenters. The SMILES string of the molecule is COCCC(C)S(=O)c1ccc(N)c(Cl)c1. The molecule has 1 aromatic carbocycles. The molecule has 3 nitrogen and oxygen atoms in total. The van der Waals surface area contributed by atoms with Crippen LogP contribution in [0.15, 0.2) is 23.1 Å². The average Bonchev–Trinajstić information content (AvgIpc) is 2.28. The molecule has 2 N–H and O–H groups in total. The van der Waals surface area contributed by atoms with Crippen LogP contribution in [0.1, 0.15) is 13.3 Å². The third-order valence-corrected chi connectivity index (χ3v) is 4.31. The van der Waals surface area contributed by atoms with E-state index in [1.807, 2.05) is 6.92 Å². The summed E-state index contributed by atoms with van der Waals surface area (Å²) in [5.41, 5.74) is 6.10. The third kappa shape index (κ3) is 3.47. The van der Waals surface area contributed by atoms with Crippen molar-refractivity contribution in [3.63, 3.8) is 0 Å².